The van der Waals surface area contributed by atoms with Gasteiger partial charge in [0.15, 0.2) is 0 Å². The van der Waals surface area contributed by atoms with E-state index in [2.05, 4.69) is 27.1 Å². The van der Waals surface area contributed by atoms with Crippen molar-refractivity contribution in [2.45, 2.75) is 32.9 Å². The Bertz CT molecular complexity index is 658. The Morgan fingerprint density at radius 3 is 2.90 bits per heavy atom. The first-order valence-electron chi connectivity index (χ1n) is 6.46. The average Bonchev–Trinajstić information content (AvgIpc) is 2.75. The summed E-state index contributed by atoms with van der Waals surface area (Å²) >= 11 is 3.52. The molecule has 0 aliphatic rings. The summed E-state index contributed by atoms with van der Waals surface area (Å²) in [5.74, 6) is 0. The molecule has 0 saturated heterocycles. The molecule has 1 heterocycles. The molecule has 0 aliphatic carbocycles. The van der Waals surface area contributed by atoms with Crippen LogP contribution in [-0.4, -0.2) is 14.9 Å². The number of rotatable bonds is 4. The van der Waals surface area contributed by atoms with Crippen LogP contribution in [-0.2, 0) is 13.0 Å². The highest BCUT2D eigenvalue weighted by molar-refractivity contribution is 9.10. The number of nitriles is 1. The minimum Gasteiger partial charge on any atom is -0.388 e. The molecule has 0 spiro atoms. The number of halogens is 1. The zero-order valence-corrected chi connectivity index (χ0v) is 13.1. The Kier molecular flexibility index (Phi) is 4.58. The third kappa shape index (κ3) is 2.92. The van der Waals surface area contributed by atoms with Crippen molar-refractivity contribution < 1.29 is 5.11 Å². The van der Waals surface area contributed by atoms with Crippen molar-refractivity contribution >= 4 is 15.9 Å². The van der Waals surface area contributed by atoms with Crippen LogP contribution >= 0.6 is 15.9 Å². The fourth-order valence-corrected chi connectivity index (χ4v) is 2.63. The van der Waals surface area contributed by atoms with E-state index in [1.54, 1.807) is 18.2 Å². The predicted molar refractivity (Wildman–Crippen MR) is 80.2 cm³/mol. The summed E-state index contributed by atoms with van der Waals surface area (Å²) in [6.45, 7) is 4.71. The molecule has 0 aliphatic heterocycles. The Balaban J connectivity index is 2.27. The second-order valence-electron chi connectivity index (χ2n) is 4.62. The summed E-state index contributed by atoms with van der Waals surface area (Å²) in [6, 6.07) is 9.15. The maximum absolute atomic E-state index is 10.4. The van der Waals surface area contributed by atoms with E-state index >= 15 is 0 Å². The van der Waals surface area contributed by atoms with Crippen LogP contribution in [0.2, 0.25) is 0 Å². The highest BCUT2D eigenvalue weighted by atomic mass is 79.9. The molecule has 104 valence electrons. The van der Waals surface area contributed by atoms with Gasteiger partial charge in [0.1, 0.15) is 0 Å². The number of aromatic nitrogens is 2. The molecule has 4 nitrogen and oxygen atoms in total. The average molecular weight is 334 g/mol. The van der Waals surface area contributed by atoms with Crippen LogP contribution in [0.4, 0.5) is 0 Å². The van der Waals surface area contributed by atoms with E-state index in [0.717, 1.165) is 28.0 Å². The van der Waals surface area contributed by atoms with Gasteiger partial charge in [0.2, 0.25) is 0 Å². The molecule has 1 aromatic heterocycles. The topological polar surface area (TPSA) is 61.8 Å². The summed E-state index contributed by atoms with van der Waals surface area (Å²) < 4.78 is 2.83. The fraction of sp³-hybridized carbons (Fsp3) is 0.333. The first-order valence-corrected chi connectivity index (χ1v) is 7.26. The van der Waals surface area contributed by atoms with E-state index in [1.165, 1.54) is 0 Å². The molecule has 2 rings (SSSR count). The summed E-state index contributed by atoms with van der Waals surface area (Å²) in [5, 5.41) is 23.7. The molecule has 1 unspecified atom stereocenters. The molecule has 0 saturated carbocycles. The zero-order chi connectivity index (χ0) is 14.7. The molecule has 1 atom stereocenters. The number of hydrogen-bond acceptors (Lipinski definition) is 3. The zero-order valence-electron chi connectivity index (χ0n) is 11.5. The van der Waals surface area contributed by atoms with Gasteiger partial charge in [0, 0.05) is 13.0 Å². The summed E-state index contributed by atoms with van der Waals surface area (Å²) in [7, 11) is 0. The number of aryl methyl sites for hydroxylation is 2. The van der Waals surface area contributed by atoms with Crippen LogP contribution in [0.3, 0.4) is 0 Å². The van der Waals surface area contributed by atoms with Crippen molar-refractivity contribution in [3.63, 3.8) is 0 Å². The third-order valence-corrected chi connectivity index (χ3v) is 4.27. The molecule has 0 fully saturated rings. The number of hydrogen-bond donors (Lipinski definition) is 1. The smallest absolute Gasteiger partial charge is 0.0991 e. The SMILES string of the molecule is CCn1nc(C)c(Br)c1CC(O)c1cccc(C#N)c1. The first kappa shape index (κ1) is 14.8. The maximum Gasteiger partial charge on any atom is 0.0991 e. The standard InChI is InChI=1S/C15H16BrN3O/c1-3-19-13(15(16)10(2)18-19)8-14(20)12-6-4-5-11(7-12)9-17/h4-7,14,20H,3,8H2,1-2H3. The van der Waals surface area contributed by atoms with Crippen molar-refractivity contribution in [3.8, 4) is 6.07 Å². The van der Waals surface area contributed by atoms with Gasteiger partial charge in [-0.2, -0.15) is 10.4 Å². The number of nitrogens with zero attached hydrogens (tertiary/aromatic N) is 3. The van der Waals surface area contributed by atoms with E-state index in [1.807, 2.05) is 24.6 Å². The lowest BCUT2D eigenvalue weighted by atomic mass is 10.0. The molecule has 1 aromatic carbocycles. The van der Waals surface area contributed by atoms with Crippen molar-refractivity contribution in [2.75, 3.05) is 0 Å². The van der Waals surface area contributed by atoms with Crippen LogP contribution in [0, 0.1) is 18.3 Å². The van der Waals surface area contributed by atoms with Crippen molar-refractivity contribution in [1.82, 2.24) is 9.78 Å². The molecular weight excluding hydrogens is 318 g/mol. The number of benzene rings is 1. The number of aliphatic hydroxyl groups excluding tert-OH is 1. The lowest BCUT2D eigenvalue weighted by Crippen LogP contribution is -2.09. The number of aliphatic hydroxyl groups is 1. The second-order valence-corrected chi connectivity index (χ2v) is 5.41. The molecule has 0 bridgehead atoms. The normalized spacial score (nSPS) is 12.2. The molecule has 0 amide bonds. The van der Waals surface area contributed by atoms with Crippen LogP contribution in [0.25, 0.3) is 0 Å². The second kappa shape index (κ2) is 6.21. The summed E-state index contributed by atoms with van der Waals surface area (Å²) in [6.07, 6.45) is -0.189. The summed E-state index contributed by atoms with van der Waals surface area (Å²) in [5.41, 5.74) is 3.19. The van der Waals surface area contributed by atoms with E-state index in [0.29, 0.717) is 12.0 Å². The van der Waals surface area contributed by atoms with Gasteiger partial charge >= 0.3 is 0 Å². The molecule has 5 heteroatoms. The lowest BCUT2D eigenvalue weighted by molar-refractivity contribution is 0.175. The third-order valence-electron chi connectivity index (χ3n) is 3.24. The van der Waals surface area contributed by atoms with Gasteiger partial charge < -0.3 is 5.11 Å². The Morgan fingerprint density at radius 2 is 2.25 bits per heavy atom. The van der Waals surface area contributed by atoms with Crippen molar-refractivity contribution in [3.05, 3.63) is 51.3 Å². The lowest BCUT2D eigenvalue weighted by Gasteiger charge is -2.13. The van der Waals surface area contributed by atoms with E-state index in [4.69, 9.17) is 5.26 Å². The van der Waals surface area contributed by atoms with Crippen LogP contribution in [0.1, 0.15) is 35.5 Å². The van der Waals surface area contributed by atoms with E-state index in [-0.39, 0.29) is 0 Å². The van der Waals surface area contributed by atoms with Gasteiger partial charge in [0.25, 0.3) is 0 Å². The first-order chi connectivity index (χ1) is 9.56. The maximum atomic E-state index is 10.4. The van der Waals surface area contributed by atoms with Gasteiger partial charge in [-0.3, -0.25) is 4.68 Å². The van der Waals surface area contributed by atoms with Crippen LogP contribution in [0.5, 0.6) is 0 Å². The van der Waals surface area contributed by atoms with Crippen LogP contribution < -0.4 is 0 Å². The monoisotopic (exact) mass is 333 g/mol. The minimum absolute atomic E-state index is 0.462. The van der Waals surface area contributed by atoms with Crippen LogP contribution in [0.15, 0.2) is 28.7 Å². The Hall–Kier alpha value is -1.64. The van der Waals surface area contributed by atoms with Crippen molar-refractivity contribution in [1.29, 1.82) is 5.26 Å². The fourth-order valence-electron chi connectivity index (χ4n) is 2.18. The van der Waals surface area contributed by atoms with Gasteiger partial charge in [-0.05, 0) is 47.5 Å². The van der Waals surface area contributed by atoms with E-state index < -0.39 is 6.10 Å². The van der Waals surface area contributed by atoms with Crippen molar-refractivity contribution in [2.24, 2.45) is 0 Å². The molecular formula is C15H16BrN3O. The largest absolute Gasteiger partial charge is 0.388 e. The van der Waals surface area contributed by atoms with Gasteiger partial charge in [-0.15, -0.1) is 0 Å². The molecule has 2 aromatic rings. The van der Waals surface area contributed by atoms with E-state index in [9.17, 15) is 5.11 Å². The molecule has 20 heavy (non-hydrogen) atoms. The molecule has 0 radical (unpaired) electrons. The Labute approximate surface area is 126 Å². The highest BCUT2D eigenvalue weighted by Crippen LogP contribution is 2.26. The molecule has 1 N–H and O–H groups in total. The van der Waals surface area contributed by atoms with Gasteiger partial charge in [-0.1, -0.05) is 12.1 Å². The summed E-state index contributed by atoms with van der Waals surface area (Å²) in [4.78, 5) is 0. The minimum atomic E-state index is -0.652. The predicted octanol–water partition coefficient (Wildman–Crippen LogP) is 3.12. The van der Waals surface area contributed by atoms with Gasteiger partial charge in [0.05, 0.1) is 33.6 Å². The Morgan fingerprint density at radius 1 is 1.50 bits per heavy atom. The highest BCUT2D eigenvalue weighted by Gasteiger charge is 2.17. The van der Waals surface area contributed by atoms with Gasteiger partial charge in [-0.25, -0.2) is 0 Å². The quantitative estimate of drug-likeness (QED) is 0.934.